The normalized spacial score (nSPS) is 10.4. The second-order valence-electron chi connectivity index (χ2n) is 5.64. The second kappa shape index (κ2) is 8.55. The van der Waals surface area contributed by atoms with Crippen molar-refractivity contribution in [3.63, 3.8) is 0 Å². The predicted octanol–water partition coefficient (Wildman–Crippen LogP) is 1.33. The molecule has 0 bridgehead atoms. The summed E-state index contributed by atoms with van der Waals surface area (Å²) in [6.45, 7) is 0.521. The largest absolute Gasteiger partial charge is 0.347 e. The first-order valence-corrected chi connectivity index (χ1v) is 8.90. The van der Waals surface area contributed by atoms with E-state index in [0.717, 1.165) is 11.9 Å². The molecule has 2 heterocycles. The minimum absolute atomic E-state index is 0.00775. The lowest BCUT2D eigenvalue weighted by Gasteiger charge is -2.07. The van der Waals surface area contributed by atoms with Crippen LogP contribution in [0.25, 0.3) is 0 Å². The fraction of sp³-hybridized carbons (Fsp3) is 0.111. The zero-order valence-corrected chi connectivity index (χ0v) is 14.9. The molecule has 9 heteroatoms. The Labute approximate surface area is 160 Å². The Balaban J connectivity index is 1.60. The van der Waals surface area contributed by atoms with Crippen molar-refractivity contribution in [2.24, 2.45) is 0 Å². The Bertz CT molecular complexity index is 966. The number of carbonyl (C=O) groups is 2. The number of amides is 2. The maximum atomic E-state index is 13.2. The molecule has 0 saturated heterocycles. The van der Waals surface area contributed by atoms with Crippen LogP contribution in [0.15, 0.2) is 47.4 Å². The number of aromatic nitrogens is 2. The van der Waals surface area contributed by atoms with Gasteiger partial charge in [-0.15, -0.1) is 0 Å². The van der Waals surface area contributed by atoms with Crippen molar-refractivity contribution in [1.82, 2.24) is 20.6 Å². The van der Waals surface area contributed by atoms with Gasteiger partial charge in [-0.1, -0.05) is 17.6 Å². The van der Waals surface area contributed by atoms with Crippen LogP contribution < -0.4 is 16.1 Å². The molecule has 0 unspecified atom stereocenters. The van der Waals surface area contributed by atoms with E-state index in [2.05, 4.69) is 20.6 Å². The number of thiophene rings is 1. The van der Waals surface area contributed by atoms with Crippen molar-refractivity contribution in [1.29, 1.82) is 0 Å². The third-order valence-corrected chi connectivity index (χ3v) is 4.41. The van der Waals surface area contributed by atoms with Crippen LogP contribution in [0.4, 0.5) is 4.39 Å². The van der Waals surface area contributed by atoms with Crippen LogP contribution in [0.5, 0.6) is 0 Å². The summed E-state index contributed by atoms with van der Waals surface area (Å²) in [5.41, 5.74) is 1.79. The number of carbonyl (C=O) groups excluding carboxylic acids is 2. The first-order chi connectivity index (χ1) is 13.0. The molecule has 0 fully saturated rings. The van der Waals surface area contributed by atoms with Gasteiger partial charge in [-0.2, -0.15) is 11.3 Å². The van der Waals surface area contributed by atoms with Crippen LogP contribution >= 0.6 is 11.3 Å². The topological polar surface area (TPSA) is 84.0 Å². The highest BCUT2D eigenvalue weighted by Crippen LogP contribution is 2.06. The van der Waals surface area contributed by atoms with Crippen molar-refractivity contribution in [2.45, 2.75) is 13.1 Å². The van der Waals surface area contributed by atoms with Crippen LogP contribution in [-0.4, -0.2) is 29.6 Å². The Hall–Kier alpha value is -3.07. The van der Waals surface area contributed by atoms with Gasteiger partial charge in [0.25, 0.3) is 11.8 Å². The SMILES string of the molecule is [B]c1cc(CNC(=O)c2cc(C(=O)NCc3ccsc3)ncn2)ccc1F. The Morgan fingerprint density at radius 1 is 1.00 bits per heavy atom. The fourth-order valence-corrected chi connectivity index (χ4v) is 2.92. The summed E-state index contributed by atoms with van der Waals surface area (Å²) < 4.78 is 13.2. The van der Waals surface area contributed by atoms with Gasteiger partial charge < -0.3 is 10.6 Å². The quantitative estimate of drug-likeness (QED) is 0.632. The molecule has 2 amide bonds. The molecular weight excluding hydrogens is 366 g/mol. The van der Waals surface area contributed by atoms with Gasteiger partial charge in [-0.05, 0) is 34.0 Å². The smallest absolute Gasteiger partial charge is 0.270 e. The number of halogens is 1. The Morgan fingerprint density at radius 3 is 2.26 bits per heavy atom. The molecular formula is C18H14BFN4O2S. The van der Waals surface area contributed by atoms with E-state index in [4.69, 9.17) is 7.85 Å². The lowest BCUT2D eigenvalue weighted by Crippen LogP contribution is -2.27. The molecule has 27 heavy (non-hydrogen) atoms. The molecule has 134 valence electrons. The third kappa shape index (κ3) is 4.98. The number of rotatable bonds is 6. The molecule has 0 spiro atoms. The Kier molecular flexibility index (Phi) is 5.92. The van der Waals surface area contributed by atoms with E-state index < -0.39 is 17.6 Å². The summed E-state index contributed by atoms with van der Waals surface area (Å²) >= 11 is 1.54. The summed E-state index contributed by atoms with van der Waals surface area (Å²) in [7, 11) is 5.50. The van der Waals surface area contributed by atoms with Crippen LogP contribution in [0.1, 0.15) is 32.1 Å². The number of hydrogen-bond acceptors (Lipinski definition) is 5. The number of nitrogens with zero attached hydrogens (tertiary/aromatic N) is 2. The van der Waals surface area contributed by atoms with E-state index in [9.17, 15) is 14.0 Å². The minimum atomic E-state index is -0.515. The van der Waals surface area contributed by atoms with E-state index in [1.807, 2.05) is 16.8 Å². The van der Waals surface area contributed by atoms with E-state index in [1.165, 1.54) is 24.3 Å². The third-order valence-electron chi connectivity index (χ3n) is 3.68. The number of benzene rings is 1. The predicted molar refractivity (Wildman–Crippen MR) is 100 cm³/mol. The monoisotopic (exact) mass is 380 g/mol. The van der Waals surface area contributed by atoms with Gasteiger partial charge in [0, 0.05) is 19.2 Å². The summed E-state index contributed by atoms with van der Waals surface area (Å²) in [5, 5.41) is 9.23. The highest BCUT2D eigenvalue weighted by atomic mass is 32.1. The van der Waals surface area contributed by atoms with Crippen LogP contribution in [-0.2, 0) is 13.1 Å². The average molecular weight is 380 g/mol. The van der Waals surface area contributed by atoms with Crippen molar-refractivity contribution >= 4 is 36.5 Å². The van der Waals surface area contributed by atoms with Crippen molar-refractivity contribution in [3.05, 3.63) is 75.8 Å². The standard InChI is InChI=1S/C18H14BFN4O2S/c19-13-5-11(1-2-14(13)20)7-21-17(25)15-6-16(24-10-23-15)18(26)22-8-12-3-4-27-9-12/h1-6,9-10H,7-8H2,(H,21,25)(H,22,26). The van der Waals surface area contributed by atoms with E-state index in [-0.39, 0.29) is 23.4 Å². The van der Waals surface area contributed by atoms with Crippen LogP contribution in [0.3, 0.4) is 0 Å². The Morgan fingerprint density at radius 2 is 1.67 bits per heavy atom. The molecule has 0 saturated carbocycles. The molecule has 2 aromatic heterocycles. The van der Waals surface area contributed by atoms with Crippen molar-refractivity contribution < 1.29 is 14.0 Å². The summed E-state index contributed by atoms with van der Waals surface area (Å²) in [6, 6.07) is 7.43. The summed E-state index contributed by atoms with van der Waals surface area (Å²) in [5.74, 6) is -1.39. The van der Waals surface area contributed by atoms with Crippen molar-refractivity contribution in [3.8, 4) is 0 Å². The molecule has 0 atom stereocenters. The maximum Gasteiger partial charge on any atom is 0.270 e. The van der Waals surface area contributed by atoms with E-state index >= 15 is 0 Å². The summed E-state index contributed by atoms with van der Waals surface area (Å²) in [4.78, 5) is 32.2. The van der Waals surface area contributed by atoms with Crippen LogP contribution in [0, 0.1) is 5.82 Å². The zero-order valence-electron chi connectivity index (χ0n) is 14.1. The van der Waals surface area contributed by atoms with Gasteiger partial charge in [0.1, 0.15) is 31.4 Å². The minimum Gasteiger partial charge on any atom is -0.347 e. The van der Waals surface area contributed by atoms with Gasteiger partial charge in [0.05, 0.1) is 0 Å². The van der Waals surface area contributed by atoms with Gasteiger partial charge in [-0.25, -0.2) is 14.4 Å². The number of hydrogen-bond donors (Lipinski definition) is 2. The first-order valence-electron chi connectivity index (χ1n) is 7.96. The maximum absolute atomic E-state index is 13.2. The molecule has 0 aliphatic rings. The van der Waals surface area contributed by atoms with Gasteiger partial charge >= 0.3 is 0 Å². The second-order valence-corrected chi connectivity index (χ2v) is 6.42. The fourth-order valence-electron chi connectivity index (χ4n) is 2.25. The highest BCUT2D eigenvalue weighted by molar-refractivity contribution is 7.07. The van der Waals surface area contributed by atoms with Gasteiger partial charge in [0.2, 0.25) is 0 Å². The summed E-state index contributed by atoms with van der Waals surface area (Å²) in [6.07, 6.45) is 1.16. The zero-order chi connectivity index (χ0) is 19.2. The molecule has 6 nitrogen and oxygen atoms in total. The molecule has 3 aromatic rings. The molecule has 2 radical (unpaired) electrons. The van der Waals surface area contributed by atoms with E-state index in [0.29, 0.717) is 12.1 Å². The van der Waals surface area contributed by atoms with Crippen LogP contribution in [0.2, 0.25) is 0 Å². The van der Waals surface area contributed by atoms with Gasteiger partial charge in [-0.3, -0.25) is 9.59 Å². The van der Waals surface area contributed by atoms with Crippen molar-refractivity contribution in [2.75, 3.05) is 0 Å². The first kappa shape index (κ1) is 18.7. The lowest BCUT2D eigenvalue weighted by molar-refractivity contribution is 0.0944. The molecule has 2 N–H and O–H groups in total. The molecule has 0 aliphatic carbocycles. The highest BCUT2D eigenvalue weighted by Gasteiger charge is 2.13. The van der Waals surface area contributed by atoms with E-state index in [1.54, 1.807) is 11.3 Å². The average Bonchev–Trinajstić information content (AvgIpc) is 3.20. The molecule has 3 rings (SSSR count). The lowest BCUT2D eigenvalue weighted by atomic mass is 9.93. The molecule has 1 aromatic carbocycles. The number of nitrogens with one attached hydrogen (secondary N) is 2. The molecule has 0 aliphatic heterocycles. The van der Waals surface area contributed by atoms with Gasteiger partial charge in [0.15, 0.2) is 0 Å².